The minimum absolute atomic E-state index is 0. The van der Waals surface area contributed by atoms with Crippen LogP contribution < -0.4 is 0 Å². The summed E-state index contributed by atoms with van der Waals surface area (Å²) in [4.78, 5) is 4.82. The van der Waals surface area contributed by atoms with E-state index in [1.807, 2.05) is 60.7 Å². The predicted molar refractivity (Wildman–Crippen MR) is 272 cm³/mol. The molecule has 13 rings (SSSR count). The van der Waals surface area contributed by atoms with Gasteiger partial charge in [0.15, 0.2) is 0 Å². The van der Waals surface area contributed by atoms with Gasteiger partial charge in [-0.25, -0.2) is 4.98 Å². The largest absolute Gasteiger partial charge is 0.510 e. The molecule has 0 saturated heterocycles. The Balaban J connectivity index is 0.00000616. The monoisotopic (exact) mass is 1060 g/mol. The molecule has 12 aromatic rings. The first-order valence-electron chi connectivity index (χ1n) is 26.2. The zero-order valence-electron chi connectivity index (χ0n) is 45.5. The molecule has 67 heavy (non-hydrogen) atoms. The maximum Gasteiger partial charge on any atom is 0.135 e. The number of para-hydroxylation sites is 2. The molecule has 5 heterocycles. The van der Waals surface area contributed by atoms with Crippen molar-refractivity contribution in [3.8, 4) is 22.5 Å². The number of benzene rings is 8. The molecule has 1 aliphatic rings. The Hall–Kier alpha value is -7.53. The van der Waals surface area contributed by atoms with Gasteiger partial charge in [-0.2, -0.15) is 24.3 Å². The van der Waals surface area contributed by atoms with E-state index in [4.69, 9.17) is 23.4 Å². The summed E-state index contributed by atoms with van der Waals surface area (Å²) in [6, 6.07) is 53.7. The molecule has 8 aromatic carbocycles. The van der Waals surface area contributed by atoms with Gasteiger partial charge < -0.3 is 22.4 Å². The van der Waals surface area contributed by atoms with Crippen molar-refractivity contribution >= 4 is 82.4 Å². The molecule has 0 radical (unpaired) electrons. The van der Waals surface area contributed by atoms with Crippen molar-refractivity contribution in [1.82, 2.24) is 18.5 Å². The number of hydrogen-bond donors (Lipinski definition) is 0. The maximum absolute atomic E-state index is 9.38. The summed E-state index contributed by atoms with van der Waals surface area (Å²) in [6.45, 7) is 0.997. The van der Waals surface area contributed by atoms with Crippen molar-refractivity contribution in [2.75, 3.05) is 0 Å². The van der Waals surface area contributed by atoms with Gasteiger partial charge in [0, 0.05) is 63.9 Å². The third kappa shape index (κ3) is 7.42. The fourth-order valence-electron chi connectivity index (χ4n) is 9.01. The molecule has 0 unspecified atom stereocenters. The van der Waals surface area contributed by atoms with E-state index in [2.05, 4.69) is 90.8 Å². The second-order valence-corrected chi connectivity index (χ2v) is 17.5. The first-order valence-corrected chi connectivity index (χ1v) is 21.7. The molecule has 0 spiro atoms. The molecule has 0 fully saturated rings. The molecule has 4 aromatic heterocycles. The number of fused-ring (bicyclic) bond motifs is 5. The summed E-state index contributed by atoms with van der Waals surface area (Å²) in [7, 11) is 0. The van der Waals surface area contributed by atoms with E-state index in [0.29, 0.717) is 33.0 Å². The van der Waals surface area contributed by atoms with Crippen LogP contribution in [0.1, 0.15) is 49.8 Å². The van der Waals surface area contributed by atoms with Crippen molar-refractivity contribution < 1.29 is 42.2 Å². The van der Waals surface area contributed by atoms with Gasteiger partial charge in [0.1, 0.15) is 16.8 Å². The normalized spacial score (nSPS) is 14.2. The van der Waals surface area contributed by atoms with Gasteiger partial charge in [-0.3, -0.25) is 0 Å². The first kappa shape index (κ1) is 33.0. The van der Waals surface area contributed by atoms with Crippen LogP contribution in [0.2, 0.25) is 0 Å². The quantitative estimate of drug-likeness (QED) is 0.154. The second kappa shape index (κ2) is 16.4. The molecule has 7 heteroatoms. The molecule has 0 saturated carbocycles. The SMILES string of the molecule is [2H]c1c(C([2H])([2H])[2H])c([2H])c2c(c1[2H])c1ccc3[c-]c1n2c1cc(C([2H])([2H])[2H])c(cn1)c1cccc(c1)oc1cccc(c1)c1cc(C(C)(C)C)cc(-c2ccccc2)c1n1[cH-]n(c2[c-]c(ccc2)o3)-c2ccccc2-1.[Pt]. The van der Waals surface area contributed by atoms with E-state index in [1.165, 1.54) is 16.7 Å². The Bertz CT molecular complexity index is 4490. The number of hydrogen-bond acceptors (Lipinski definition) is 3. The van der Waals surface area contributed by atoms with Crippen LogP contribution in [-0.4, -0.2) is 18.5 Å². The summed E-state index contributed by atoms with van der Waals surface area (Å²) in [6.07, 6.45) is 3.50. The maximum atomic E-state index is 9.38. The molecular weight excluding hydrogens is 1000 g/mol. The third-order valence-electron chi connectivity index (χ3n) is 12.2. The summed E-state index contributed by atoms with van der Waals surface area (Å²) in [5.41, 5.74) is 7.38. The summed E-state index contributed by atoms with van der Waals surface area (Å²) in [5.74, 6) is 0. The van der Waals surface area contributed by atoms with E-state index in [1.54, 1.807) is 42.5 Å². The van der Waals surface area contributed by atoms with Crippen LogP contribution >= 0.6 is 0 Å². The van der Waals surface area contributed by atoms with Gasteiger partial charge in [0.25, 0.3) is 0 Å². The van der Waals surface area contributed by atoms with E-state index in [9.17, 15) is 2.74 Å². The van der Waals surface area contributed by atoms with Crippen LogP contribution in [0.3, 0.4) is 0 Å². The fourth-order valence-corrected chi connectivity index (χ4v) is 9.01. The molecule has 0 N–H and O–H groups in total. The van der Waals surface area contributed by atoms with E-state index >= 15 is 0 Å². The molecule has 0 amide bonds. The minimum atomic E-state index is -2.93. The van der Waals surface area contributed by atoms with Crippen molar-refractivity contribution in [3.63, 3.8) is 0 Å². The Labute approximate surface area is 414 Å². The molecule has 6 nitrogen and oxygen atoms in total. The second-order valence-electron chi connectivity index (χ2n) is 17.5. The van der Waals surface area contributed by atoms with Crippen molar-refractivity contribution in [2.45, 2.75) is 39.9 Å². The van der Waals surface area contributed by atoms with Gasteiger partial charge in [0.2, 0.25) is 0 Å². The van der Waals surface area contributed by atoms with Crippen LogP contribution in [0.15, 0.2) is 191 Å². The van der Waals surface area contributed by atoms with Crippen LogP contribution in [0.25, 0.3) is 105 Å². The van der Waals surface area contributed by atoms with Gasteiger partial charge in [-0.1, -0.05) is 129 Å². The summed E-state index contributed by atoms with van der Waals surface area (Å²) < 4.78 is 97.9. The Morgan fingerprint density at radius 2 is 1.37 bits per heavy atom. The molecule has 12 bridgehead atoms. The van der Waals surface area contributed by atoms with E-state index < -0.39 is 37.4 Å². The Kier molecular flexibility index (Phi) is 8.09. The zero-order chi connectivity index (χ0) is 52.3. The van der Waals surface area contributed by atoms with Gasteiger partial charge >= 0.3 is 0 Å². The number of aromatic nitrogens is 4. The average molecular weight is 1060 g/mol. The standard InChI is InChI=1S/C60H45N4O2.Pt/c1-38-24-26-49-50-27-25-48-35-57(50)64(56(49)28-38)58-29-39(2)53(36-61-58)42-17-12-20-46(31-42)65-45-19-11-16-41(30-45)52-33-43(60(3,4)5)32-51(40-14-7-6-8-15-40)59(52)63-37-62(54-22-9-10-23-55(54)63)44-18-13-21-47(34-44)66-48;/h6-33,36-37H,1-5H3;/q-3;/i1D3,2D3,24D,26D,28D;. The molecule has 330 valence electrons. The van der Waals surface area contributed by atoms with Gasteiger partial charge in [-0.05, 0) is 122 Å². The Morgan fingerprint density at radius 3 is 2.13 bits per heavy atom. The molecule has 1 aliphatic heterocycles. The van der Waals surface area contributed by atoms with Crippen molar-refractivity contribution in [1.29, 1.82) is 0 Å². The predicted octanol–water partition coefficient (Wildman–Crippen LogP) is 15.9. The topological polar surface area (TPSA) is 53.4 Å². The van der Waals surface area contributed by atoms with Crippen LogP contribution in [-0.2, 0) is 26.5 Å². The minimum Gasteiger partial charge on any atom is -0.510 e. The Morgan fingerprint density at radius 1 is 0.642 bits per heavy atom. The van der Waals surface area contributed by atoms with E-state index in [-0.39, 0.29) is 65.1 Å². The summed E-state index contributed by atoms with van der Waals surface area (Å²) in [5, 5.41) is 3.11. The van der Waals surface area contributed by atoms with Crippen LogP contribution in [0.4, 0.5) is 0 Å². The molecule has 0 atom stereocenters. The van der Waals surface area contributed by atoms with Gasteiger partial charge in [0.05, 0.1) is 4.11 Å². The number of pyridine rings is 1. The first-order chi connectivity index (χ1) is 35.8. The number of nitrogens with zero attached hydrogens (tertiary/aromatic N) is 4. The van der Waals surface area contributed by atoms with Crippen LogP contribution in [0, 0.1) is 25.8 Å². The molecule has 0 aliphatic carbocycles. The summed E-state index contributed by atoms with van der Waals surface area (Å²) >= 11 is 0. The fraction of sp³-hybridized carbons (Fsp3) is 0.100. The van der Waals surface area contributed by atoms with Crippen molar-refractivity contribution in [2.24, 2.45) is 0 Å². The average Bonchev–Trinajstić information content (AvgIpc) is 3.99. The molecular formula is C60H45N4O2Pt-3. The number of imidazole rings is 1. The van der Waals surface area contributed by atoms with Gasteiger partial charge in [-0.15, -0.1) is 29.1 Å². The number of aryl methyl sites for hydroxylation is 1. The van der Waals surface area contributed by atoms with E-state index in [0.717, 1.165) is 44.4 Å². The number of rotatable bonds is 1. The van der Waals surface area contributed by atoms with Crippen molar-refractivity contribution in [3.05, 3.63) is 211 Å². The van der Waals surface area contributed by atoms with Crippen LogP contribution in [0.5, 0.6) is 0 Å². The smallest absolute Gasteiger partial charge is 0.135 e. The zero-order valence-corrected chi connectivity index (χ0v) is 38.8. The third-order valence-corrected chi connectivity index (χ3v) is 12.2.